The molecule has 0 radical (unpaired) electrons. The number of nitrogens with zero attached hydrogens (tertiary/aromatic N) is 2. The molecule has 0 saturated carbocycles. The van der Waals surface area contributed by atoms with Crippen molar-refractivity contribution < 1.29 is 0 Å². The third-order valence-electron chi connectivity index (χ3n) is 2.52. The molecule has 5 heteroatoms. The van der Waals surface area contributed by atoms with Gasteiger partial charge in [-0.25, -0.2) is 9.97 Å². The first-order chi connectivity index (χ1) is 7.83. The largest absolute Gasteiger partial charge is 0.373 e. The molecule has 2 heterocycles. The number of anilines is 1. The second-order valence-corrected chi connectivity index (χ2v) is 3.75. The molecular weight excluding hydrogens is 202 g/mol. The van der Waals surface area contributed by atoms with Crippen molar-refractivity contribution in [2.75, 3.05) is 18.9 Å². The van der Waals surface area contributed by atoms with Gasteiger partial charge in [-0.15, -0.1) is 0 Å². The predicted octanol–water partition coefficient (Wildman–Crippen LogP) is 1.28. The molecule has 2 rings (SSSR count). The average Bonchev–Trinajstić information content (AvgIpc) is 2.70. The third kappa shape index (κ3) is 2.30. The fraction of sp³-hybridized carbons (Fsp3) is 0.455. The summed E-state index contributed by atoms with van der Waals surface area (Å²) in [5, 5.41) is 3.00. The van der Waals surface area contributed by atoms with Crippen molar-refractivity contribution in [1.82, 2.24) is 15.0 Å². The quantitative estimate of drug-likeness (QED) is 0.662. The maximum absolute atomic E-state index is 5.45. The second-order valence-electron chi connectivity index (χ2n) is 3.75. The monoisotopic (exact) mass is 219 g/mol. The Morgan fingerprint density at radius 3 is 2.94 bits per heavy atom. The molecule has 0 spiro atoms. The first kappa shape index (κ1) is 10.9. The lowest BCUT2D eigenvalue weighted by molar-refractivity contribution is 0.724. The number of aryl methyl sites for hydroxylation is 1. The highest BCUT2D eigenvalue weighted by Gasteiger charge is 2.04. The van der Waals surface area contributed by atoms with E-state index in [4.69, 9.17) is 5.73 Å². The smallest absolute Gasteiger partial charge is 0.179 e. The van der Waals surface area contributed by atoms with E-state index in [0.29, 0.717) is 0 Å². The molecule has 5 nitrogen and oxygen atoms in total. The number of rotatable bonds is 5. The molecule has 0 bridgehead atoms. The molecule has 2 aromatic rings. The summed E-state index contributed by atoms with van der Waals surface area (Å²) < 4.78 is 0. The number of imidazole rings is 1. The van der Waals surface area contributed by atoms with E-state index >= 15 is 0 Å². The van der Waals surface area contributed by atoms with E-state index in [1.807, 2.05) is 19.2 Å². The van der Waals surface area contributed by atoms with E-state index in [0.717, 1.165) is 48.6 Å². The van der Waals surface area contributed by atoms with E-state index < -0.39 is 0 Å². The fourth-order valence-electron chi connectivity index (χ4n) is 1.64. The van der Waals surface area contributed by atoms with E-state index in [2.05, 4.69) is 20.3 Å². The van der Waals surface area contributed by atoms with E-state index in [9.17, 15) is 0 Å². The number of H-pyrrole nitrogens is 1. The molecule has 0 aliphatic heterocycles. The molecule has 0 amide bonds. The molecule has 2 aromatic heterocycles. The SMILES string of the molecule is CNc1ccc2[nH]c(CCCCN)nc2n1. The molecule has 0 saturated heterocycles. The van der Waals surface area contributed by atoms with Crippen LogP contribution in [0.1, 0.15) is 18.7 Å². The third-order valence-corrected chi connectivity index (χ3v) is 2.52. The van der Waals surface area contributed by atoms with Gasteiger partial charge in [-0.2, -0.15) is 0 Å². The van der Waals surface area contributed by atoms with Gasteiger partial charge in [0.1, 0.15) is 11.6 Å². The molecule has 4 N–H and O–H groups in total. The molecule has 0 aliphatic carbocycles. The summed E-state index contributed by atoms with van der Waals surface area (Å²) in [7, 11) is 1.85. The van der Waals surface area contributed by atoms with Crippen LogP contribution in [0.4, 0.5) is 5.82 Å². The summed E-state index contributed by atoms with van der Waals surface area (Å²) in [5.74, 6) is 1.83. The van der Waals surface area contributed by atoms with Gasteiger partial charge in [0.2, 0.25) is 0 Å². The minimum atomic E-state index is 0.738. The first-order valence-corrected chi connectivity index (χ1v) is 5.57. The Kier molecular flexibility index (Phi) is 3.36. The number of nitrogens with one attached hydrogen (secondary N) is 2. The normalized spacial score (nSPS) is 10.9. The van der Waals surface area contributed by atoms with Crippen LogP contribution in [0.15, 0.2) is 12.1 Å². The number of unbranched alkanes of at least 4 members (excludes halogenated alkanes) is 1. The maximum atomic E-state index is 5.45. The molecule has 0 aliphatic rings. The minimum absolute atomic E-state index is 0.738. The van der Waals surface area contributed by atoms with Crippen molar-refractivity contribution in [2.45, 2.75) is 19.3 Å². The number of fused-ring (bicyclic) bond motifs is 1. The Bertz CT molecular complexity index is 462. The number of aromatic amines is 1. The Morgan fingerprint density at radius 2 is 2.19 bits per heavy atom. The van der Waals surface area contributed by atoms with Crippen LogP contribution in [-0.2, 0) is 6.42 Å². The van der Waals surface area contributed by atoms with Gasteiger partial charge >= 0.3 is 0 Å². The van der Waals surface area contributed by atoms with Crippen molar-refractivity contribution in [3.05, 3.63) is 18.0 Å². The molecule has 0 unspecified atom stereocenters. The molecule has 86 valence electrons. The zero-order valence-corrected chi connectivity index (χ0v) is 9.45. The zero-order valence-electron chi connectivity index (χ0n) is 9.45. The summed E-state index contributed by atoms with van der Waals surface area (Å²) in [6, 6.07) is 3.93. The van der Waals surface area contributed by atoms with Crippen LogP contribution in [0.25, 0.3) is 11.2 Å². The van der Waals surface area contributed by atoms with Crippen LogP contribution < -0.4 is 11.1 Å². The highest BCUT2D eigenvalue weighted by Crippen LogP contribution is 2.13. The van der Waals surface area contributed by atoms with Gasteiger partial charge in [-0.3, -0.25) is 0 Å². The zero-order chi connectivity index (χ0) is 11.4. The Labute approximate surface area is 94.5 Å². The highest BCUT2D eigenvalue weighted by molar-refractivity contribution is 5.72. The van der Waals surface area contributed by atoms with Crippen LogP contribution in [0.3, 0.4) is 0 Å². The lowest BCUT2D eigenvalue weighted by Gasteiger charge is -1.95. The van der Waals surface area contributed by atoms with Gasteiger partial charge in [0.25, 0.3) is 0 Å². The van der Waals surface area contributed by atoms with Crippen molar-refractivity contribution in [2.24, 2.45) is 5.73 Å². The van der Waals surface area contributed by atoms with Crippen molar-refractivity contribution in [1.29, 1.82) is 0 Å². The predicted molar refractivity (Wildman–Crippen MR) is 65.4 cm³/mol. The van der Waals surface area contributed by atoms with Crippen molar-refractivity contribution in [3.8, 4) is 0 Å². The van der Waals surface area contributed by atoms with Gasteiger partial charge in [-0.05, 0) is 31.5 Å². The summed E-state index contributed by atoms with van der Waals surface area (Å²) >= 11 is 0. The number of hydrogen-bond acceptors (Lipinski definition) is 4. The van der Waals surface area contributed by atoms with Gasteiger partial charge in [0.15, 0.2) is 5.65 Å². The Hall–Kier alpha value is -1.62. The Morgan fingerprint density at radius 1 is 1.31 bits per heavy atom. The van der Waals surface area contributed by atoms with Gasteiger partial charge in [-0.1, -0.05) is 0 Å². The second kappa shape index (κ2) is 4.94. The van der Waals surface area contributed by atoms with Crippen LogP contribution in [-0.4, -0.2) is 28.5 Å². The number of pyridine rings is 1. The van der Waals surface area contributed by atoms with E-state index in [1.54, 1.807) is 0 Å². The standard InChI is InChI=1S/C11H17N5/c1-13-9-6-5-8-11(15-9)16-10(14-8)4-2-3-7-12/h5-6H,2-4,7,12H2,1H3,(H2,13,14,15,16). The van der Waals surface area contributed by atoms with Gasteiger partial charge in [0, 0.05) is 13.5 Å². The first-order valence-electron chi connectivity index (χ1n) is 5.57. The van der Waals surface area contributed by atoms with Gasteiger partial charge in [0.05, 0.1) is 5.52 Å². The average molecular weight is 219 g/mol. The molecule has 0 aromatic carbocycles. The van der Waals surface area contributed by atoms with Crippen LogP contribution >= 0.6 is 0 Å². The topological polar surface area (TPSA) is 79.6 Å². The summed E-state index contributed by atoms with van der Waals surface area (Å²) in [5.41, 5.74) is 7.21. The summed E-state index contributed by atoms with van der Waals surface area (Å²) in [6.07, 6.45) is 3.03. The number of hydrogen-bond donors (Lipinski definition) is 3. The van der Waals surface area contributed by atoms with Crippen LogP contribution in [0.5, 0.6) is 0 Å². The lowest BCUT2D eigenvalue weighted by Crippen LogP contribution is -1.99. The van der Waals surface area contributed by atoms with Crippen molar-refractivity contribution >= 4 is 17.0 Å². The summed E-state index contributed by atoms with van der Waals surface area (Å²) in [4.78, 5) is 12.1. The molecule has 0 fully saturated rings. The highest BCUT2D eigenvalue weighted by atomic mass is 15.0. The Balaban J connectivity index is 2.16. The van der Waals surface area contributed by atoms with Crippen LogP contribution in [0, 0.1) is 0 Å². The van der Waals surface area contributed by atoms with Crippen LogP contribution in [0.2, 0.25) is 0 Å². The molecular formula is C11H17N5. The minimum Gasteiger partial charge on any atom is -0.373 e. The van der Waals surface area contributed by atoms with Crippen molar-refractivity contribution in [3.63, 3.8) is 0 Å². The number of nitrogens with two attached hydrogens (primary N) is 1. The maximum Gasteiger partial charge on any atom is 0.179 e. The van der Waals surface area contributed by atoms with E-state index in [-0.39, 0.29) is 0 Å². The number of aromatic nitrogens is 3. The lowest BCUT2D eigenvalue weighted by atomic mass is 10.2. The molecule has 16 heavy (non-hydrogen) atoms. The van der Waals surface area contributed by atoms with E-state index in [1.165, 1.54) is 0 Å². The van der Waals surface area contributed by atoms with Gasteiger partial charge < -0.3 is 16.0 Å². The summed E-state index contributed by atoms with van der Waals surface area (Å²) in [6.45, 7) is 0.738. The fourth-order valence-corrected chi connectivity index (χ4v) is 1.64. The molecule has 0 atom stereocenters.